The molecule has 1 aromatic heterocycles. The van der Waals surface area contributed by atoms with Crippen molar-refractivity contribution in [2.24, 2.45) is 0 Å². The van der Waals surface area contributed by atoms with Crippen LogP contribution in [0.25, 0.3) is 0 Å². The summed E-state index contributed by atoms with van der Waals surface area (Å²) in [6, 6.07) is 6.84. The van der Waals surface area contributed by atoms with E-state index in [0.29, 0.717) is 12.0 Å². The van der Waals surface area contributed by atoms with E-state index in [9.17, 15) is 4.39 Å². The van der Waals surface area contributed by atoms with E-state index < -0.39 is 0 Å². The van der Waals surface area contributed by atoms with Gasteiger partial charge in [0.2, 0.25) is 0 Å². The highest BCUT2D eigenvalue weighted by Gasteiger charge is 2.01. The van der Waals surface area contributed by atoms with E-state index in [0.717, 1.165) is 11.4 Å². The van der Waals surface area contributed by atoms with Crippen molar-refractivity contribution in [2.75, 3.05) is 0 Å². The van der Waals surface area contributed by atoms with Crippen LogP contribution in [0.2, 0.25) is 0 Å². The Labute approximate surface area is 87.8 Å². The highest BCUT2D eigenvalue weighted by molar-refractivity contribution is 5.26. The van der Waals surface area contributed by atoms with Crippen LogP contribution in [0.15, 0.2) is 36.7 Å². The predicted octanol–water partition coefficient (Wildman–Crippen LogP) is 2.51. The molecule has 0 atom stereocenters. The summed E-state index contributed by atoms with van der Waals surface area (Å²) < 4.78 is 13.0. The van der Waals surface area contributed by atoms with E-state index in [4.69, 9.17) is 0 Å². The molecule has 2 aromatic rings. The number of hydrogen-bond donors (Lipinski definition) is 0. The summed E-state index contributed by atoms with van der Waals surface area (Å²) in [5.41, 5.74) is 1.68. The molecule has 0 amide bonds. The molecule has 3 heteroatoms. The molecule has 0 aliphatic carbocycles. The molecule has 15 heavy (non-hydrogen) atoms. The van der Waals surface area contributed by atoms with E-state index in [2.05, 4.69) is 9.97 Å². The van der Waals surface area contributed by atoms with Crippen LogP contribution in [-0.4, -0.2) is 9.97 Å². The van der Waals surface area contributed by atoms with Gasteiger partial charge in [0, 0.05) is 18.8 Å². The molecule has 2 rings (SSSR count). The van der Waals surface area contributed by atoms with Gasteiger partial charge in [-0.05, 0) is 30.2 Å². The second-order valence-electron chi connectivity index (χ2n) is 3.43. The molecule has 0 radical (unpaired) electrons. The first-order valence-corrected chi connectivity index (χ1v) is 4.76. The number of aromatic nitrogens is 2. The molecule has 0 saturated carbocycles. The number of hydrogen-bond acceptors (Lipinski definition) is 2. The Bertz CT molecular complexity index is 454. The fourth-order valence-electron chi connectivity index (χ4n) is 1.42. The van der Waals surface area contributed by atoms with Crippen molar-refractivity contribution in [1.29, 1.82) is 0 Å². The van der Waals surface area contributed by atoms with Crippen LogP contribution < -0.4 is 0 Å². The Balaban J connectivity index is 2.22. The molecule has 0 N–H and O–H groups in total. The molecule has 0 aliphatic rings. The molecule has 2 nitrogen and oxygen atoms in total. The lowest BCUT2D eigenvalue weighted by Crippen LogP contribution is -1.96. The van der Waals surface area contributed by atoms with E-state index in [-0.39, 0.29) is 5.82 Å². The van der Waals surface area contributed by atoms with Crippen molar-refractivity contribution in [2.45, 2.75) is 13.3 Å². The predicted molar refractivity (Wildman–Crippen MR) is 56.0 cm³/mol. The van der Waals surface area contributed by atoms with E-state index in [1.165, 1.54) is 6.07 Å². The second kappa shape index (κ2) is 4.17. The minimum Gasteiger partial charge on any atom is -0.241 e. The molecular formula is C12H11FN2. The van der Waals surface area contributed by atoms with Crippen LogP contribution in [0, 0.1) is 12.7 Å². The smallest absolute Gasteiger partial charge is 0.132 e. The first-order valence-electron chi connectivity index (χ1n) is 4.76. The summed E-state index contributed by atoms with van der Waals surface area (Å²) in [4.78, 5) is 8.24. The monoisotopic (exact) mass is 202 g/mol. The lowest BCUT2D eigenvalue weighted by atomic mass is 10.1. The first-order chi connectivity index (χ1) is 7.25. The molecule has 0 fully saturated rings. The normalized spacial score (nSPS) is 10.3. The largest absolute Gasteiger partial charge is 0.241 e. The van der Waals surface area contributed by atoms with Crippen LogP contribution in [0.1, 0.15) is 17.0 Å². The summed E-state index contributed by atoms with van der Waals surface area (Å²) in [5.74, 6) is 0.580. The Morgan fingerprint density at radius 1 is 1.20 bits per heavy atom. The summed E-state index contributed by atoms with van der Waals surface area (Å²) in [6.45, 7) is 1.75. The average Bonchev–Trinajstić information content (AvgIpc) is 2.25. The Hall–Kier alpha value is -1.77. The third kappa shape index (κ3) is 2.37. The van der Waals surface area contributed by atoms with Crippen LogP contribution in [0.4, 0.5) is 4.39 Å². The number of aryl methyl sites for hydroxylation is 1. The summed E-state index contributed by atoms with van der Waals surface area (Å²) in [5, 5.41) is 0. The van der Waals surface area contributed by atoms with Gasteiger partial charge in [-0.2, -0.15) is 0 Å². The van der Waals surface area contributed by atoms with Crippen molar-refractivity contribution in [3.8, 4) is 0 Å². The van der Waals surface area contributed by atoms with Gasteiger partial charge in [-0.25, -0.2) is 14.4 Å². The number of halogens is 1. The van der Waals surface area contributed by atoms with Crippen molar-refractivity contribution >= 4 is 0 Å². The van der Waals surface area contributed by atoms with Crippen molar-refractivity contribution in [1.82, 2.24) is 9.97 Å². The fraction of sp³-hybridized carbons (Fsp3) is 0.167. The van der Waals surface area contributed by atoms with Crippen molar-refractivity contribution in [3.05, 3.63) is 59.4 Å². The Morgan fingerprint density at radius 3 is 2.60 bits per heavy atom. The summed E-state index contributed by atoms with van der Waals surface area (Å²) >= 11 is 0. The minimum atomic E-state index is -0.173. The SMILES string of the molecule is Cc1cc(Cc2ncccn2)ccc1F. The highest BCUT2D eigenvalue weighted by atomic mass is 19.1. The van der Waals surface area contributed by atoms with Gasteiger partial charge >= 0.3 is 0 Å². The molecular weight excluding hydrogens is 191 g/mol. The zero-order valence-corrected chi connectivity index (χ0v) is 8.44. The highest BCUT2D eigenvalue weighted by Crippen LogP contribution is 2.11. The van der Waals surface area contributed by atoms with E-state index in [1.54, 1.807) is 31.5 Å². The summed E-state index contributed by atoms with van der Waals surface area (Å²) in [6.07, 6.45) is 4.05. The van der Waals surface area contributed by atoms with Gasteiger partial charge < -0.3 is 0 Å². The number of nitrogens with zero attached hydrogens (tertiary/aromatic N) is 2. The molecule has 1 aromatic carbocycles. The van der Waals surface area contributed by atoms with E-state index >= 15 is 0 Å². The lowest BCUT2D eigenvalue weighted by molar-refractivity contribution is 0.617. The van der Waals surface area contributed by atoms with Gasteiger partial charge in [0.1, 0.15) is 11.6 Å². The Kier molecular flexibility index (Phi) is 2.72. The van der Waals surface area contributed by atoms with Gasteiger partial charge in [0.05, 0.1) is 0 Å². The molecule has 0 unspecified atom stereocenters. The van der Waals surface area contributed by atoms with Gasteiger partial charge in [0.25, 0.3) is 0 Å². The van der Waals surface area contributed by atoms with E-state index in [1.807, 2.05) is 6.07 Å². The fourth-order valence-corrected chi connectivity index (χ4v) is 1.42. The molecule has 0 saturated heterocycles. The summed E-state index contributed by atoms with van der Waals surface area (Å²) in [7, 11) is 0. The maximum absolute atomic E-state index is 13.0. The maximum atomic E-state index is 13.0. The molecule has 0 spiro atoms. The van der Waals surface area contributed by atoms with Gasteiger partial charge in [-0.3, -0.25) is 0 Å². The lowest BCUT2D eigenvalue weighted by Gasteiger charge is -2.02. The first kappa shape index (κ1) is 9.77. The van der Waals surface area contributed by atoms with Gasteiger partial charge in [-0.1, -0.05) is 12.1 Å². The Morgan fingerprint density at radius 2 is 1.93 bits per heavy atom. The van der Waals surface area contributed by atoms with Crippen molar-refractivity contribution in [3.63, 3.8) is 0 Å². The van der Waals surface area contributed by atoms with Crippen LogP contribution in [0.5, 0.6) is 0 Å². The van der Waals surface area contributed by atoms with Gasteiger partial charge in [-0.15, -0.1) is 0 Å². The molecule has 76 valence electrons. The standard InChI is InChI=1S/C12H11FN2/c1-9-7-10(3-4-11(9)13)8-12-14-5-2-6-15-12/h2-7H,8H2,1H3. The molecule has 1 heterocycles. The zero-order chi connectivity index (χ0) is 10.7. The number of rotatable bonds is 2. The topological polar surface area (TPSA) is 25.8 Å². The minimum absolute atomic E-state index is 0.173. The maximum Gasteiger partial charge on any atom is 0.132 e. The van der Waals surface area contributed by atoms with Crippen LogP contribution in [-0.2, 0) is 6.42 Å². The molecule has 0 aliphatic heterocycles. The zero-order valence-electron chi connectivity index (χ0n) is 8.44. The molecule has 0 bridgehead atoms. The third-order valence-electron chi connectivity index (χ3n) is 2.20. The van der Waals surface area contributed by atoms with Crippen LogP contribution >= 0.6 is 0 Å². The third-order valence-corrected chi connectivity index (χ3v) is 2.20. The van der Waals surface area contributed by atoms with Gasteiger partial charge in [0.15, 0.2) is 0 Å². The second-order valence-corrected chi connectivity index (χ2v) is 3.43. The van der Waals surface area contributed by atoms with Crippen molar-refractivity contribution < 1.29 is 4.39 Å². The average molecular weight is 202 g/mol. The van der Waals surface area contributed by atoms with Crippen LogP contribution in [0.3, 0.4) is 0 Å². The quantitative estimate of drug-likeness (QED) is 0.747. The number of benzene rings is 1.